The van der Waals surface area contributed by atoms with Crippen molar-refractivity contribution in [1.82, 2.24) is 5.32 Å². The molecule has 2 N–H and O–H groups in total. The van der Waals surface area contributed by atoms with Crippen LogP contribution in [-0.2, 0) is 14.3 Å². The first kappa shape index (κ1) is 24.8. The average Bonchev–Trinajstić information content (AvgIpc) is 3.65. The third-order valence-electron chi connectivity index (χ3n) is 4.85. The number of hydrogen-bond donors (Lipinski definition) is 2. The maximum atomic E-state index is 12.3. The van der Waals surface area contributed by atoms with E-state index in [0.29, 0.717) is 36.0 Å². The van der Waals surface area contributed by atoms with Gasteiger partial charge in [-0.1, -0.05) is 25.1 Å². The van der Waals surface area contributed by atoms with E-state index in [2.05, 4.69) is 10.6 Å². The number of nitrogens with one attached hydrogen (secondary N) is 2. The molecule has 0 atom stereocenters. The summed E-state index contributed by atoms with van der Waals surface area (Å²) in [5, 5.41) is 5.52. The number of anilines is 1. The van der Waals surface area contributed by atoms with Gasteiger partial charge >= 0.3 is 5.97 Å². The zero-order valence-corrected chi connectivity index (χ0v) is 19.5. The molecule has 1 aliphatic carbocycles. The molecule has 34 heavy (non-hydrogen) atoms. The van der Waals surface area contributed by atoms with E-state index < -0.39 is 18.5 Å². The van der Waals surface area contributed by atoms with Gasteiger partial charge in [-0.25, -0.2) is 4.79 Å². The van der Waals surface area contributed by atoms with E-state index in [1.807, 2.05) is 13.8 Å². The molecule has 0 spiro atoms. The molecule has 3 rings (SSSR count). The van der Waals surface area contributed by atoms with Crippen LogP contribution in [0.15, 0.2) is 48.5 Å². The number of benzene rings is 2. The average molecular weight is 467 g/mol. The second-order valence-corrected chi connectivity index (χ2v) is 7.77. The number of amides is 2. The maximum Gasteiger partial charge on any atom is 0.331 e. The molecular weight excluding hydrogens is 436 g/mol. The number of carbonyl (C=O) groups is 3. The van der Waals surface area contributed by atoms with E-state index in [9.17, 15) is 14.4 Å². The number of rotatable bonds is 12. The lowest BCUT2D eigenvalue weighted by molar-refractivity contribution is -0.142. The number of carbonyl (C=O) groups excluding carboxylic acids is 3. The van der Waals surface area contributed by atoms with Crippen LogP contribution in [0.4, 0.5) is 5.69 Å². The fourth-order valence-electron chi connectivity index (χ4n) is 3.04. The van der Waals surface area contributed by atoms with Crippen LogP contribution < -0.4 is 20.1 Å². The van der Waals surface area contributed by atoms with Crippen molar-refractivity contribution >= 4 is 29.5 Å². The second kappa shape index (κ2) is 12.4. The van der Waals surface area contributed by atoms with Crippen molar-refractivity contribution in [3.05, 3.63) is 59.7 Å². The number of hydrogen-bond acceptors (Lipinski definition) is 6. The highest BCUT2D eigenvalue weighted by Gasteiger charge is 2.25. The van der Waals surface area contributed by atoms with E-state index in [0.717, 1.165) is 24.8 Å². The highest BCUT2D eigenvalue weighted by Crippen LogP contribution is 2.29. The Kier molecular flexibility index (Phi) is 9.08. The van der Waals surface area contributed by atoms with Gasteiger partial charge in [0.25, 0.3) is 11.8 Å². The topological polar surface area (TPSA) is 103 Å². The molecule has 0 bridgehead atoms. The summed E-state index contributed by atoms with van der Waals surface area (Å²) < 4.78 is 16.3. The summed E-state index contributed by atoms with van der Waals surface area (Å²) in [7, 11) is 0. The molecule has 0 saturated heterocycles. The van der Waals surface area contributed by atoms with Crippen molar-refractivity contribution in [1.29, 1.82) is 0 Å². The molecule has 0 aromatic heterocycles. The normalized spacial score (nSPS) is 12.8. The van der Waals surface area contributed by atoms with Crippen molar-refractivity contribution in [3.8, 4) is 11.5 Å². The first-order chi connectivity index (χ1) is 16.5. The third kappa shape index (κ3) is 7.65. The largest absolute Gasteiger partial charge is 0.490 e. The minimum Gasteiger partial charge on any atom is -0.490 e. The van der Waals surface area contributed by atoms with Gasteiger partial charge in [0.05, 0.1) is 24.5 Å². The van der Waals surface area contributed by atoms with Crippen molar-refractivity contribution in [2.45, 2.75) is 39.2 Å². The summed E-state index contributed by atoms with van der Waals surface area (Å²) in [6.45, 7) is 4.49. The van der Waals surface area contributed by atoms with E-state index in [4.69, 9.17) is 14.2 Å². The van der Waals surface area contributed by atoms with Crippen LogP contribution in [0.3, 0.4) is 0 Å². The minimum atomic E-state index is -0.667. The molecule has 2 aromatic carbocycles. The molecule has 1 aliphatic rings. The van der Waals surface area contributed by atoms with Gasteiger partial charge in [-0.2, -0.15) is 0 Å². The summed E-state index contributed by atoms with van der Waals surface area (Å²) in [6, 6.07) is 12.3. The van der Waals surface area contributed by atoms with Crippen molar-refractivity contribution in [2.24, 2.45) is 0 Å². The standard InChI is InChI=1S/C26H30N2O6/c1-3-15-33-22-13-9-18(16-23(22)32-4-2)10-14-25(30)34-17-24(29)28-21-8-6-5-7-20(21)26(31)27-19-11-12-19/h5-10,13-14,16,19H,3-4,11-12,15,17H2,1-2H3,(H,27,31)(H,28,29)/b14-10+. The molecule has 0 aliphatic heterocycles. The fourth-order valence-corrected chi connectivity index (χ4v) is 3.04. The molecule has 8 nitrogen and oxygen atoms in total. The SMILES string of the molecule is CCCOc1ccc(/C=C/C(=O)OCC(=O)Nc2ccccc2C(=O)NC2CC2)cc1OCC. The van der Waals surface area contributed by atoms with Crippen LogP contribution in [0.2, 0.25) is 0 Å². The fraction of sp³-hybridized carbons (Fsp3) is 0.346. The molecular formula is C26H30N2O6. The molecule has 1 saturated carbocycles. The lowest BCUT2D eigenvalue weighted by Crippen LogP contribution is -2.27. The first-order valence-corrected chi connectivity index (χ1v) is 11.4. The Hall–Kier alpha value is -3.81. The Morgan fingerprint density at radius 2 is 1.82 bits per heavy atom. The van der Waals surface area contributed by atoms with Gasteiger partial charge in [-0.3, -0.25) is 9.59 Å². The molecule has 2 amide bonds. The van der Waals surface area contributed by atoms with Gasteiger partial charge in [0.2, 0.25) is 0 Å². The zero-order chi connectivity index (χ0) is 24.3. The molecule has 8 heteroatoms. The van der Waals surface area contributed by atoms with Gasteiger partial charge in [-0.15, -0.1) is 0 Å². The summed E-state index contributed by atoms with van der Waals surface area (Å²) in [6.07, 6.45) is 5.62. The van der Waals surface area contributed by atoms with E-state index >= 15 is 0 Å². The number of ether oxygens (including phenoxy) is 3. The van der Waals surface area contributed by atoms with Crippen LogP contribution >= 0.6 is 0 Å². The monoisotopic (exact) mass is 466 g/mol. The van der Waals surface area contributed by atoms with Crippen molar-refractivity contribution in [3.63, 3.8) is 0 Å². The number of esters is 1. The molecule has 180 valence electrons. The Balaban J connectivity index is 1.52. The molecule has 2 aromatic rings. The van der Waals surface area contributed by atoms with Crippen molar-refractivity contribution in [2.75, 3.05) is 25.1 Å². The number of para-hydroxylation sites is 1. The Labute approximate surface area is 199 Å². The molecule has 0 unspecified atom stereocenters. The van der Waals surface area contributed by atoms with Gasteiger partial charge in [-0.05, 0) is 62.1 Å². The first-order valence-electron chi connectivity index (χ1n) is 11.4. The maximum absolute atomic E-state index is 12.3. The Morgan fingerprint density at radius 3 is 2.56 bits per heavy atom. The van der Waals surface area contributed by atoms with E-state index in [1.54, 1.807) is 48.5 Å². The van der Waals surface area contributed by atoms with Crippen LogP contribution in [-0.4, -0.2) is 43.6 Å². The van der Waals surface area contributed by atoms with Gasteiger partial charge in [0, 0.05) is 12.1 Å². The zero-order valence-electron chi connectivity index (χ0n) is 19.5. The highest BCUT2D eigenvalue weighted by atomic mass is 16.5. The lowest BCUT2D eigenvalue weighted by atomic mass is 10.1. The smallest absolute Gasteiger partial charge is 0.331 e. The highest BCUT2D eigenvalue weighted by molar-refractivity contribution is 6.04. The van der Waals surface area contributed by atoms with Gasteiger partial charge < -0.3 is 24.8 Å². The molecule has 0 radical (unpaired) electrons. The van der Waals surface area contributed by atoms with Crippen LogP contribution in [0.5, 0.6) is 11.5 Å². The van der Waals surface area contributed by atoms with E-state index in [-0.39, 0.29) is 11.9 Å². The minimum absolute atomic E-state index is 0.202. The van der Waals surface area contributed by atoms with Gasteiger partial charge in [0.15, 0.2) is 18.1 Å². The van der Waals surface area contributed by atoms with Crippen molar-refractivity contribution < 1.29 is 28.6 Å². The predicted molar refractivity (Wildman–Crippen MR) is 129 cm³/mol. The molecule has 0 heterocycles. The summed E-state index contributed by atoms with van der Waals surface area (Å²) >= 11 is 0. The quantitative estimate of drug-likeness (QED) is 0.363. The Bertz CT molecular complexity index is 1050. The van der Waals surface area contributed by atoms with Crippen LogP contribution in [0.1, 0.15) is 49.0 Å². The third-order valence-corrected chi connectivity index (χ3v) is 4.85. The molecule has 1 fully saturated rings. The van der Waals surface area contributed by atoms with Crippen LogP contribution in [0, 0.1) is 0 Å². The Morgan fingerprint density at radius 1 is 1.03 bits per heavy atom. The van der Waals surface area contributed by atoms with Gasteiger partial charge in [0.1, 0.15) is 0 Å². The lowest BCUT2D eigenvalue weighted by Gasteiger charge is -2.12. The summed E-state index contributed by atoms with van der Waals surface area (Å²) in [5.41, 5.74) is 1.46. The second-order valence-electron chi connectivity index (χ2n) is 7.77. The summed E-state index contributed by atoms with van der Waals surface area (Å²) in [4.78, 5) is 36.7. The van der Waals surface area contributed by atoms with E-state index in [1.165, 1.54) is 6.08 Å². The van der Waals surface area contributed by atoms with Crippen LogP contribution in [0.25, 0.3) is 6.08 Å². The predicted octanol–water partition coefficient (Wildman–Crippen LogP) is 3.96. The summed E-state index contributed by atoms with van der Waals surface area (Å²) in [5.74, 6) is -0.207.